The van der Waals surface area contributed by atoms with E-state index in [2.05, 4.69) is 5.32 Å². The first-order valence-electron chi connectivity index (χ1n) is 3.73. The molecule has 6 heteroatoms. The highest BCUT2D eigenvalue weighted by Crippen LogP contribution is 2.09. The summed E-state index contributed by atoms with van der Waals surface area (Å²) < 4.78 is 22.5. The smallest absolute Gasteiger partial charge is 0.218 e. The van der Waals surface area contributed by atoms with Crippen LogP contribution in [0.15, 0.2) is 0 Å². The van der Waals surface area contributed by atoms with Gasteiger partial charge in [0, 0.05) is 19.5 Å². The summed E-state index contributed by atoms with van der Waals surface area (Å²) in [5.41, 5.74) is 4.91. The fourth-order valence-corrected chi connectivity index (χ4v) is 2.75. The number of nitrogens with two attached hydrogens (primary N) is 1. The number of hydrogen-bond donors (Lipinski definition) is 2. The van der Waals surface area contributed by atoms with E-state index in [9.17, 15) is 13.2 Å². The lowest BCUT2D eigenvalue weighted by Gasteiger charge is -2.21. The molecule has 0 aromatic rings. The summed E-state index contributed by atoms with van der Waals surface area (Å²) in [6, 6.07) is 0. The standard InChI is InChI=1S/C6H12N2O3S/c7-6(9)3-5-4-8-1-2-12(5,10)11/h5,8H,1-4H2,(H2,7,9). The Morgan fingerprint density at radius 2 is 2.25 bits per heavy atom. The maximum absolute atomic E-state index is 11.3. The van der Waals surface area contributed by atoms with E-state index in [1.54, 1.807) is 0 Å². The lowest BCUT2D eigenvalue weighted by molar-refractivity contribution is -0.118. The summed E-state index contributed by atoms with van der Waals surface area (Å²) in [4.78, 5) is 10.5. The molecule has 1 atom stereocenters. The average molecular weight is 192 g/mol. The summed E-state index contributed by atoms with van der Waals surface area (Å²) in [6.07, 6.45) is -0.0741. The van der Waals surface area contributed by atoms with E-state index < -0.39 is 21.0 Å². The zero-order valence-electron chi connectivity index (χ0n) is 6.62. The monoisotopic (exact) mass is 192 g/mol. The number of primary amides is 1. The Bertz CT molecular complexity index is 273. The molecule has 0 radical (unpaired) electrons. The van der Waals surface area contributed by atoms with Crippen LogP contribution >= 0.6 is 0 Å². The third-order valence-electron chi connectivity index (χ3n) is 1.87. The van der Waals surface area contributed by atoms with Gasteiger partial charge in [0.25, 0.3) is 0 Å². The minimum Gasteiger partial charge on any atom is -0.370 e. The molecule has 3 N–H and O–H groups in total. The Labute approximate surface area is 71.2 Å². The molecular weight excluding hydrogens is 180 g/mol. The molecule has 1 rings (SSSR count). The summed E-state index contributed by atoms with van der Waals surface area (Å²) >= 11 is 0. The second kappa shape index (κ2) is 3.40. The molecule has 0 spiro atoms. The highest BCUT2D eigenvalue weighted by atomic mass is 32.2. The van der Waals surface area contributed by atoms with Crippen LogP contribution in [0.1, 0.15) is 6.42 Å². The third-order valence-corrected chi connectivity index (χ3v) is 3.99. The molecule has 1 fully saturated rings. The summed E-state index contributed by atoms with van der Waals surface area (Å²) in [5.74, 6) is -0.461. The molecule has 1 aliphatic rings. The van der Waals surface area contributed by atoms with Gasteiger partial charge in [0.1, 0.15) is 0 Å². The van der Waals surface area contributed by atoms with Crippen LogP contribution in [-0.2, 0) is 14.6 Å². The normalized spacial score (nSPS) is 28.2. The molecule has 70 valence electrons. The zero-order chi connectivity index (χ0) is 9.19. The highest BCUT2D eigenvalue weighted by Gasteiger charge is 2.29. The maximum Gasteiger partial charge on any atom is 0.218 e. The van der Waals surface area contributed by atoms with Crippen molar-refractivity contribution < 1.29 is 13.2 Å². The Morgan fingerprint density at radius 1 is 1.58 bits per heavy atom. The lowest BCUT2D eigenvalue weighted by Crippen LogP contribution is -2.45. The molecular formula is C6H12N2O3S. The quantitative estimate of drug-likeness (QED) is 0.543. The number of rotatable bonds is 2. The van der Waals surface area contributed by atoms with E-state index in [1.165, 1.54) is 0 Å². The van der Waals surface area contributed by atoms with Crippen molar-refractivity contribution in [3.63, 3.8) is 0 Å². The van der Waals surface area contributed by atoms with Crippen LogP contribution in [0.2, 0.25) is 0 Å². The molecule has 1 unspecified atom stereocenters. The molecule has 1 saturated heterocycles. The SMILES string of the molecule is NC(=O)CC1CNCCS1(=O)=O. The van der Waals surface area contributed by atoms with Gasteiger partial charge in [-0.05, 0) is 0 Å². The number of carbonyl (C=O) groups excluding carboxylic acids is 1. The molecule has 0 aromatic heterocycles. The fraction of sp³-hybridized carbons (Fsp3) is 0.833. The van der Waals surface area contributed by atoms with Crippen LogP contribution in [0.5, 0.6) is 0 Å². The zero-order valence-corrected chi connectivity index (χ0v) is 7.43. The van der Waals surface area contributed by atoms with E-state index in [4.69, 9.17) is 5.73 Å². The number of carbonyl (C=O) groups is 1. The van der Waals surface area contributed by atoms with Crippen molar-refractivity contribution >= 4 is 15.7 Å². The first-order chi connectivity index (χ1) is 5.52. The van der Waals surface area contributed by atoms with Crippen molar-refractivity contribution in [2.75, 3.05) is 18.8 Å². The van der Waals surface area contributed by atoms with Crippen LogP contribution in [-0.4, -0.2) is 38.4 Å². The van der Waals surface area contributed by atoms with E-state index in [-0.39, 0.29) is 12.2 Å². The van der Waals surface area contributed by atoms with Crippen LogP contribution < -0.4 is 11.1 Å². The molecule has 12 heavy (non-hydrogen) atoms. The number of amides is 1. The average Bonchev–Trinajstić information content (AvgIpc) is 1.92. The van der Waals surface area contributed by atoms with Gasteiger partial charge in [-0.25, -0.2) is 8.42 Å². The topological polar surface area (TPSA) is 89.3 Å². The summed E-state index contributed by atoms with van der Waals surface area (Å²) in [5, 5.41) is 2.29. The Morgan fingerprint density at radius 3 is 2.75 bits per heavy atom. The van der Waals surface area contributed by atoms with E-state index in [1.807, 2.05) is 0 Å². The van der Waals surface area contributed by atoms with E-state index >= 15 is 0 Å². The van der Waals surface area contributed by atoms with Gasteiger partial charge in [0.2, 0.25) is 5.91 Å². The molecule has 0 aliphatic carbocycles. The molecule has 0 bridgehead atoms. The van der Waals surface area contributed by atoms with Crippen LogP contribution in [0.25, 0.3) is 0 Å². The number of hydrogen-bond acceptors (Lipinski definition) is 4. The minimum atomic E-state index is -3.08. The first-order valence-corrected chi connectivity index (χ1v) is 5.44. The van der Waals surface area contributed by atoms with Crippen LogP contribution in [0.3, 0.4) is 0 Å². The Hall–Kier alpha value is -0.620. The van der Waals surface area contributed by atoms with Gasteiger partial charge in [0.05, 0.1) is 11.0 Å². The predicted octanol–water partition coefficient (Wildman–Crippen LogP) is -1.75. The van der Waals surface area contributed by atoms with Crippen molar-refractivity contribution in [2.45, 2.75) is 11.7 Å². The van der Waals surface area contributed by atoms with Gasteiger partial charge in [-0.2, -0.15) is 0 Å². The van der Waals surface area contributed by atoms with E-state index in [0.717, 1.165) is 0 Å². The van der Waals surface area contributed by atoms with Crippen molar-refractivity contribution in [3.8, 4) is 0 Å². The molecule has 0 saturated carbocycles. The fourth-order valence-electron chi connectivity index (χ4n) is 1.19. The summed E-state index contributed by atoms with van der Waals surface area (Å²) in [7, 11) is -3.08. The third kappa shape index (κ3) is 2.18. The lowest BCUT2D eigenvalue weighted by atomic mass is 10.3. The van der Waals surface area contributed by atoms with Crippen molar-refractivity contribution in [2.24, 2.45) is 5.73 Å². The first kappa shape index (κ1) is 9.47. The predicted molar refractivity (Wildman–Crippen MR) is 44.3 cm³/mol. The molecule has 1 heterocycles. The van der Waals surface area contributed by atoms with Gasteiger partial charge in [-0.3, -0.25) is 4.79 Å². The number of nitrogens with one attached hydrogen (secondary N) is 1. The largest absolute Gasteiger partial charge is 0.370 e. The van der Waals surface area contributed by atoms with Gasteiger partial charge < -0.3 is 11.1 Å². The van der Waals surface area contributed by atoms with Crippen molar-refractivity contribution in [3.05, 3.63) is 0 Å². The molecule has 1 aliphatic heterocycles. The van der Waals surface area contributed by atoms with Crippen LogP contribution in [0, 0.1) is 0 Å². The number of sulfone groups is 1. The van der Waals surface area contributed by atoms with E-state index in [0.29, 0.717) is 13.1 Å². The maximum atomic E-state index is 11.3. The molecule has 0 aromatic carbocycles. The van der Waals surface area contributed by atoms with Gasteiger partial charge >= 0.3 is 0 Å². The highest BCUT2D eigenvalue weighted by molar-refractivity contribution is 7.92. The molecule has 1 amide bonds. The van der Waals surface area contributed by atoms with Gasteiger partial charge in [-0.1, -0.05) is 0 Å². The minimum absolute atomic E-state index is 0.0741. The second-order valence-corrected chi connectivity index (χ2v) is 5.26. The summed E-state index contributed by atoms with van der Waals surface area (Å²) in [6.45, 7) is 0.808. The van der Waals surface area contributed by atoms with Gasteiger partial charge in [-0.15, -0.1) is 0 Å². The van der Waals surface area contributed by atoms with Crippen molar-refractivity contribution in [1.29, 1.82) is 0 Å². The van der Waals surface area contributed by atoms with Crippen LogP contribution in [0.4, 0.5) is 0 Å². The molecule has 5 nitrogen and oxygen atoms in total. The second-order valence-electron chi connectivity index (χ2n) is 2.86. The Balaban J connectivity index is 2.67. The van der Waals surface area contributed by atoms with Gasteiger partial charge in [0.15, 0.2) is 9.84 Å². The van der Waals surface area contributed by atoms with Crippen molar-refractivity contribution in [1.82, 2.24) is 5.32 Å². The Kier molecular flexibility index (Phi) is 2.69.